The van der Waals surface area contributed by atoms with Crippen molar-refractivity contribution >= 4 is 29.2 Å². The number of ether oxygens (including phenoxy) is 1. The zero-order valence-electron chi connectivity index (χ0n) is 12.8. The predicted octanol–water partition coefficient (Wildman–Crippen LogP) is 6.00. The first kappa shape index (κ1) is 18.3. The summed E-state index contributed by atoms with van der Waals surface area (Å²) < 4.78 is 4.92. The molecule has 0 amide bonds. The number of carbonyl (C=O) groups is 1. The molecule has 0 aliphatic rings. The van der Waals surface area contributed by atoms with Gasteiger partial charge >= 0.3 is 5.97 Å². The third kappa shape index (κ3) is 6.27. The molecule has 0 aliphatic carbocycles. The number of esters is 1. The third-order valence-corrected chi connectivity index (χ3v) is 4.23. The molecule has 2 nitrogen and oxygen atoms in total. The smallest absolute Gasteiger partial charge is 0.313 e. The van der Waals surface area contributed by atoms with Gasteiger partial charge in [-0.25, -0.2) is 0 Å². The van der Waals surface area contributed by atoms with Gasteiger partial charge in [0.15, 0.2) is 0 Å². The fraction of sp³-hybridized carbons (Fsp3) is 0.588. The van der Waals surface area contributed by atoms with E-state index < -0.39 is 0 Å². The molecule has 0 N–H and O–H groups in total. The quantitative estimate of drug-likeness (QED) is 0.410. The van der Waals surface area contributed by atoms with Crippen LogP contribution in [0.4, 0.5) is 0 Å². The lowest BCUT2D eigenvalue weighted by atomic mass is 9.93. The van der Waals surface area contributed by atoms with Crippen LogP contribution in [0.2, 0.25) is 10.0 Å². The highest BCUT2D eigenvalue weighted by atomic mass is 35.5. The Labute approximate surface area is 137 Å². The van der Waals surface area contributed by atoms with E-state index in [0.717, 1.165) is 24.8 Å². The first-order chi connectivity index (χ1) is 10.1. The Hall–Kier alpha value is -0.730. The van der Waals surface area contributed by atoms with Crippen molar-refractivity contribution in [2.45, 2.75) is 57.8 Å². The van der Waals surface area contributed by atoms with Crippen molar-refractivity contribution in [3.8, 4) is 0 Å². The Kier molecular flexibility index (Phi) is 8.79. The van der Waals surface area contributed by atoms with Crippen LogP contribution < -0.4 is 0 Å². The largest absolute Gasteiger partial charge is 0.469 e. The van der Waals surface area contributed by atoms with Crippen LogP contribution in [-0.4, -0.2) is 13.1 Å². The van der Waals surface area contributed by atoms with Crippen molar-refractivity contribution in [2.24, 2.45) is 0 Å². The Morgan fingerprint density at radius 2 is 1.81 bits per heavy atom. The molecule has 1 unspecified atom stereocenters. The fourth-order valence-electron chi connectivity index (χ4n) is 2.46. The molecule has 0 aliphatic heterocycles. The molecular formula is C17H24Cl2O2. The highest BCUT2D eigenvalue weighted by molar-refractivity contribution is 6.35. The lowest BCUT2D eigenvalue weighted by Crippen LogP contribution is -2.15. The molecule has 0 radical (unpaired) electrons. The number of benzene rings is 1. The van der Waals surface area contributed by atoms with Crippen LogP contribution in [0.25, 0.3) is 0 Å². The molecule has 0 saturated heterocycles. The van der Waals surface area contributed by atoms with Gasteiger partial charge in [-0.2, -0.15) is 0 Å². The molecule has 118 valence electrons. The van der Waals surface area contributed by atoms with Gasteiger partial charge in [0, 0.05) is 10.0 Å². The van der Waals surface area contributed by atoms with Gasteiger partial charge in [-0.15, -0.1) is 0 Å². The van der Waals surface area contributed by atoms with Crippen molar-refractivity contribution in [3.05, 3.63) is 33.8 Å². The first-order valence-electron chi connectivity index (χ1n) is 7.63. The molecule has 0 bridgehead atoms. The lowest BCUT2D eigenvalue weighted by Gasteiger charge is -2.16. The number of hydrogen-bond acceptors (Lipinski definition) is 2. The van der Waals surface area contributed by atoms with Gasteiger partial charge in [-0.05, 0) is 24.1 Å². The number of unbranched alkanes of at least 4 members (excludes halogenated alkanes) is 5. The number of rotatable bonds is 9. The minimum absolute atomic E-state index is 0.229. The van der Waals surface area contributed by atoms with E-state index in [4.69, 9.17) is 27.9 Å². The fourth-order valence-corrected chi connectivity index (χ4v) is 3.00. The van der Waals surface area contributed by atoms with E-state index in [1.54, 1.807) is 12.1 Å². The summed E-state index contributed by atoms with van der Waals surface area (Å²) in [7, 11) is 1.42. The maximum Gasteiger partial charge on any atom is 0.313 e. The van der Waals surface area contributed by atoms with Crippen LogP contribution in [0.3, 0.4) is 0 Å². The Morgan fingerprint density at radius 1 is 1.14 bits per heavy atom. The highest BCUT2D eigenvalue weighted by Gasteiger charge is 2.23. The van der Waals surface area contributed by atoms with E-state index in [1.165, 1.54) is 32.8 Å². The van der Waals surface area contributed by atoms with Crippen molar-refractivity contribution in [2.75, 3.05) is 7.11 Å². The van der Waals surface area contributed by atoms with Crippen LogP contribution in [0.1, 0.15) is 63.4 Å². The topological polar surface area (TPSA) is 26.3 Å². The lowest BCUT2D eigenvalue weighted by molar-refractivity contribution is -0.142. The van der Waals surface area contributed by atoms with Gasteiger partial charge in [-0.3, -0.25) is 4.79 Å². The average Bonchev–Trinajstić information content (AvgIpc) is 2.47. The van der Waals surface area contributed by atoms with E-state index in [0.29, 0.717) is 10.0 Å². The van der Waals surface area contributed by atoms with Gasteiger partial charge in [0.25, 0.3) is 0 Å². The molecule has 0 heterocycles. The monoisotopic (exact) mass is 330 g/mol. The molecule has 1 atom stereocenters. The minimum atomic E-state index is -0.300. The average molecular weight is 331 g/mol. The second kappa shape index (κ2) is 10.1. The van der Waals surface area contributed by atoms with Crippen LogP contribution in [0.5, 0.6) is 0 Å². The first-order valence-corrected chi connectivity index (χ1v) is 8.38. The van der Waals surface area contributed by atoms with E-state index in [9.17, 15) is 4.79 Å². The van der Waals surface area contributed by atoms with Crippen molar-refractivity contribution in [1.29, 1.82) is 0 Å². The second-order valence-corrected chi connectivity index (χ2v) is 6.14. The molecule has 0 aromatic heterocycles. The zero-order chi connectivity index (χ0) is 15.7. The van der Waals surface area contributed by atoms with Crippen LogP contribution >= 0.6 is 23.2 Å². The van der Waals surface area contributed by atoms with E-state index in [1.807, 2.05) is 6.07 Å². The van der Waals surface area contributed by atoms with Crippen molar-refractivity contribution in [3.63, 3.8) is 0 Å². The third-order valence-electron chi connectivity index (χ3n) is 3.67. The maximum absolute atomic E-state index is 12.0. The molecule has 1 aromatic carbocycles. The normalized spacial score (nSPS) is 12.2. The number of halogens is 2. The van der Waals surface area contributed by atoms with Crippen LogP contribution in [0.15, 0.2) is 18.2 Å². The standard InChI is InChI=1S/C17H24Cl2O2/c1-3-4-5-6-7-8-9-15(17(20)21-2)14-11-10-13(18)12-16(14)19/h10-12,15H,3-9H2,1-2H3. The molecule has 1 rings (SSSR count). The molecular weight excluding hydrogens is 307 g/mol. The summed E-state index contributed by atoms with van der Waals surface area (Å²) in [5.74, 6) is -0.529. The van der Waals surface area contributed by atoms with Gasteiger partial charge in [0.05, 0.1) is 13.0 Å². The van der Waals surface area contributed by atoms with Gasteiger partial charge in [0.2, 0.25) is 0 Å². The second-order valence-electron chi connectivity index (χ2n) is 5.30. The van der Waals surface area contributed by atoms with Crippen LogP contribution in [-0.2, 0) is 9.53 Å². The highest BCUT2D eigenvalue weighted by Crippen LogP contribution is 2.32. The summed E-state index contributed by atoms with van der Waals surface area (Å²) >= 11 is 12.1. The van der Waals surface area contributed by atoms with Gasteiger partial charge in [0.1, 0.15) is 0 Å². The molecule has 0 fully saturated rings. The maximum atomic E-state index is 12.0. The molecule has 21 heavy (non-hydrogen) atoms. The molecule has 1 aromatic rings. The Morgan fingerprint density at radius 3 is 2.43 bits per heavy atom. The SMILES string of the molecule is CCCCCCCCC(C(=O)OC)c1ccc(Cl)cc1Cl. The van der Waals surface area contributed by atoms with Gasteiger partial charge in [-0.1, -0.05) is 74.7 Å². The van der Waals surface area contributed by atoms with Gasteiger partial charge < -0.3 is 4.74 Å². The zero-order valence-corrected chi connectivity index (χ0v) is 14.3. The Bertz CT molecular complexity index is 446. The van der Waals surface area contributed by atoms with E-state index in [-0.39, 0.29) is 11.9 Å². The number of methoxy groups -OCH3 is 1. The summed E-state index contributed by atoms with van der Waals surface area (Å²) in [6, 6.07) is 5.26. The number of carbonyl (C=O) groups excluding carboxylic acids is 1. The van der Waals surface area contributed by atoms with Crippen molar-refractivity contribution in [1.82, 2.24) is 0 Å². The Balaban J connectivity index is 2.62. The minimum Gasteiger partial charge on any atom is -0.469 e. The summed E-state index contributed by atoms with van der Waals surface area (Å²) in [5, 5.41) is 1.11. The summed E-state index contributed by atoms with van der Waals surface area (Å²) in [5.41, 5.74) is 0.807. The predicted molar refractivity (Wildman–Crippen MR) is 89.2 cm³/mol. The van der Waals surface area contributed by atoms with E-state index in [2.05, 4.69) is 6.92 Å². The molecule has 4 heteroatoms. The summed E-state index contributed by atoms with van der Waals surface area (Å²) in [6.45, 7) is 2.20. The number of hydrogen-bond donors (Lipinski definition) is 0. The van der Waals surface area contributed by atoms with Crippen molar-refractivity contribution < 1.29 is 9.53 Å². The summed E-state index contributed by atoms with van der Waals surface area (Å²) in [6.07, 6.45) is 7.91. The summed E-state index contributed by atoms with van der Waals surface area (Å²) in [4.78, 5) is 12.0. The van der Waals surface area contributed by atoms with E-state index >= 15 is 0 Å². The molecule has 0 saturated carbocycles. The molecule has 0 spiro atoms. The van der Waals surface area contributed by atoms with Crippen LogP contribution in [0, 0.1) is 0 Å².